The molecule has 0 radical (unpaired) electrons. The van der Waals surface area contributed by atoms with Crippen LogP contribution >= 0.6 is 15.9 Å². The molecule has 0 heterocycles. The normalized spacial score (nSPS) is 11.4. The maximum Gasteiger partial charge on any atom is 0.0159 e. The molecule has 0 aromatic heterocycles. The van der Waals surface area contributed by atoms with E-state index in [1.165, 1.54) is 24.9 Å². The molecule has 0 aliphatic rings. The van der Waals surface area contributed by atoms with E-state index >= 15 is 0 Å². The first kappa shape index (κ1) is 14.7. The highest BCUT2D eigenvalue weighted by atomic mass is 79.9. The summed E-state index contributed by atoms with van der Waals surface area (Å²) in [4.78, 5) is 2.61. The SMILES string of the molecule is CCC(CC)N(CCBr)CCc1ccccc1. The molecule has 17 heavy (non-hydrogen) atoms. The van der Waals surface area contributed by atoms with Crippen molar-refractivity contribution in [2.75, 3.05) is 18.4 Å². The summed E-state index contributed by atoms with van der Waals surface area (Å²) >= 11 is 3.56. The van der Waals surface area contributed by atoms with E-state index in [9.17, 15) is 0 Å². The number of hydrogen-bond acceptors (Lipinski definition) is 1. The molecule has 0 saturated heterocycles. The molecule has 0 bridgehead atoms. The summed E-state index contributed by atoms with van der Waals surface area (Å²) in [5, 5.41) is 1.07. The van der Waals surface area contributed by atoms with Gasteiger partial charge in [0.2, 0.25) is 0 Å². The summed E-state index contributed by atoms with van der Waals surface area (Å²) < 4.78 is 0. The van der Waals surface area contributed by atoms with Gasteiger partial charge in [-0.25, -0.2) is 0 Å². The molecule has 0 aliphatic carbocycles. The van der Waals surface area contributed by atoms with Crippen molar-refractivity contribution in [3.8, 4) is 0 Å². The monoisotopic (exact) mass is 297 g/mol. The third-order valence-corrected chi connectivity index (χ3v) is 3.72. The van der Waals surface area contributed by atoms with Crippen LogP contribution in [-0.2, 0) is 6.42 Å². The predicted molar refractivity (Wildman–Crippen MR) is 79.9 cm³/mol. The van der Waals surface area contributed by atoms with E-state index in [2.05, 4.69) is 65.0 Å². The minimum atomic E-state index is 0.733. The lowest BCUT2D eigenvalue weighted by atomic mass is 10.1. The average Bonchev–Trinajstić information content (AvgIpc) is 2.38. The van der Waals surface area contributed by atoms with Gasteiger partial charge in [-0.1, -0.05) is 60.1 Å². The lowest BCUT2D eigenvalue weighted by Crippen LogP contribution is -2.37. The zero-order chi connectivity index (χ0) is 12.5. The Labute approximate surface area is 114 Å². The highest BCUT2D eigenvalue weighted by Crippen LogP contribution is 2.11. The first-order valence-corrected chi connectivity index (χ1v) is 7.77. The number of alkyl halides is 1. The summed E-state index contributed by atoms with van der Waals surface area (Å²) in [6, 6.07) is 11.5. The minimum Gasteiger partial charge on any atom is -0.299 e. The Morgan fingerprint density at radius 1 is 1.06 bits per heavy atom. The standard InChI is InChI=1S/C15H24BrN/c1-3-15(4-2)17(13-11-16)12-10-14-8-6-5-7-9-14/h5-9,15H,3-4,10-13H2,1-2H3. The van der Waals surface area contributed by atoms with Crippen molar-refractivity contribution in [3.05, 3.63) is 35.9 Å². The predicted octanol–water partition coefficient (Wildman–Crippen LogP) is 4.11. The highest BCUT2D eigenvalue weighted by Gasteiger charge is 2.13. The quantitative estimate of drug-likeness (QED) is 0.653. The van der Waals surface area contributed by atoms with Crippen molar-refractivity contribution in [2.24, 2.45) is 0 Å². The Kier molecular flexibility index (Phi) is 7.54. The van der Waals surface area contributed by atoms with Gasteiger partial charge >= 0.3 is 0 Å². The number of benzene rings is 1. The molecule has 0 amide bonds. The second-order valence-electron chi connectivity index (χ2n) is 4.43. The number of halogens is 1. The van der Waals surface area contributed by atoms with Crippen LogP contribution in [-0.4, -0.2) is 29.4 Å². The molecule has 1 rings (SSSR count). The highest BCUT2D eigenvalue weighted by molar-refractivity contribution is 9.09. The van der Waals surface area contributed by atoms with Gasteiger partial charge in [0.05, 0.1) is 0 Å². The van der Waals surface area contributed by atoms with Gasteiger partial charge in [0.25, 0.3) is 0 Å². The number of nitrogens with zero attached hydrogens (tertiary/aromatic N) is 1. The van der Waals surface area contributed by atoms with Crippen molar-refractivity contribution in [2.45, 2.75) is 39.2 Å². The van der Waals surface area contributed by atoms with Crippen LogP contribution in [0.4, 0.5) is 0 Å². The van der Waals surface area contributed by atoms with Gasteiger partial charge in [0.1, 0.15) is 0 Å². The summed E-state index contributed by atoms with van der Waals surface area (Å²) in [5.74, 6) is 0. The van der Waals surface area contributed by atoms with Crippen molar-refractivity contribution in [1.29, 1.82) is 0 Å². The fourth-order valence-electron chi connectivity index (χ4n) is 2.31. The van der Waals surface area contributed by atoms with Gasteiger partial charge in [0.15, 0.2) is 0 Å². The van der Waals surface area contributed by atoms with Gasteiger partial charge in [-0.05, 0) is 24.8 Å². The molecular formula is C15H24BrN. The van der Waals surface area contributed by atoms with E-state index in [0.29, 0.717) is 0 Å². The maximum atomic E-state index is 3.56. The molecular weight excluding hydrogens is 274 g/mol. The maximum absolute atomic E-state index is 3.56. The lowest BCUT2D eigenvalue weighted by Gasteiger charge is -2.29. The van der Waals surface area contributed by atoms with Crippen LogP contribution in [0, 0.1) is 0 Å². The van der Waals surface area contributed by atoms with Crippen LogP contribution < -0.4 is 0 Å². The second kappa shape index (κ2) is 8.71. The molecule has 1 nitrogen and oxygen atoms in total. The summed E-state index contributed by atoms with van der Waals surface area (Å²) in [6.07, 6.45) is 3.65. The van der Waals surface area contributed by atoms with Crippen LogP contribution in [0.5, 0.6) is 0 Å². The van der Waals surface area contributed by atoms with E-state index in [4.69, 9.17) is 0 Å². The van der Waals surface area contributed by atoms with Crippen LogP contribution in [0.2, 0.25) is 0 Å². The Bertz CT molecular complexity index is 282. The largest absolute Gasteiger partial charge is 0.299 e. The molecule has 0 unspecified atom stereocenters. The Morgan fingerprint density at radius 3 is 2.24 bits per heavy atom. The van der Waals surface area contributed by atoms with Gasteiger partial charge < -0.3 is 0 Å². The van der Waals surface area contributed by atoms with Crippen molar-refractivity contribution in [1.82, 2.24) is 4.90 Å². The molecule has 1 aromatic carbocycles. The van der Waals surface area contributed by atoms with Crippen molar-refractivity contribution in [3.63, 3.8) is 0 Å². The second-order valence-corrected chi connectivity index (χ2v) is 5.22. The van der Waals surface area contributed by atoms with E-state index in [-0.39, 0.29) is 0 Å². The molecule has 2 heteroatoms. The van der Waals surface area contributed by atoms with Crippen LogP contribution in [0.25, 0.3) is 0 Å². The molecule has 0 aliphatic heterocycles. The van der Waals surface area contributed by atoms with Gasteiger partial charge in [0, 0.05) is 24.5 Å². The third kappa shape index (κ3) is 5.22. The van der Waals surface area contributed by atoms with E-state index < -0.39 is 0 Å². The molecule has 96 valence electrons. The minimum absolute atomic E-state index is 0.733. The summed E-state index contributed by atoms with van der Waals surface area (Å²) in [5.41, 5.74) is 1.44. The summed E-state index contributed by atoms with van der Waals surface area (Å²) in [7, 11) is 0. The fourth-order valence-corrected chi connectivity index (χ4v) is 2.76. The first-order chi connectivity index (χ1) is 8.31. The molecule has 0 saturated carbocycles. The van der Waals surface area contributed by atoms with Gasteiger partial charge in [-0.3, -0.25) is 4.90 Å². The summed E-state index contributed by atoms with van der Waals surface area (Å²) in [6.45, 7) is 6.90. The molecule has 0 fully saturated rings. The van der Waals surface area contributed by atoms with Crippen LogP contribution in [0.15, 0.2) is 30.3 Å². The number of hydrogen-bond donors (Lipinski definition) is 0. The number of rotatable bonds is 8. The van der Waals surface area contributed by atoms with E-state index in [0.717, 1.165) is 24.3 Å². The lowest BCUT2D eigenvalue weighted by molar-refractivity contribution is 0.200. The molecule has 0 atom stereocenters. The fraction of sp³-hybridized carbons (Fsp3) is 0.600. The Hall–Kier alpha value is -0.340. The smallest absolute Gasteiger partial charge is 0.0159 e. The molecule has 1 aromatic rings. The van der Waals surface area contributed by atoms with Crippen molar-refractivity contribution < 1.29 is 0 Å². The Morgan fingerprint density at radius 2 is 1.71 bits per heavy atom. The van der Waals surface area contributed by atoms with Gasteiger partial charge in [-0.2, -0.15) is 0 Å². The molecule has 0 spiro atoms. The third-order valence-electron chi connectivity index (χ3n) is 3.36. The Balaban J connectivity index is 2.49. The first-order valence-electron chi connectivity index (χ1n) is 6.65. The molecule has 0 N–H and O–H groups in total. The van der Waals surface area contributed by atoms with Gasteiger partial charge in [-0.15, -0.1) is 0 Å². The van der Waals surface area contributed by atoms with Crippen LogP contribution in [0.3, 0.4) is 0 Å². The topological polar surface area (TPSA) is 3.24 Å². The zero-order valence-electron chi connectivity index (χ0n) is 11.0. The average molecular weight is 298 g/mol. The van der Waals surface area contributed by atoms with E-state index in [1.807, 2.05) is 0 Å². The van der Waals surface area contributed by atoms with E-state index in [1.54, 1.807) is 0 Å². The zero-order valence-corrected chi connectivity index (χ0v) is 12.6. The van der Waals surface area contributed by atoms with Crippen molar-refractivity contribution >= 4 is 15.9 Å². The van der Waals surface area contributed by atoms with Crippen LogP contribution in [0.1, 0.15) is 32.3 Å².